The van der Waals surface area contributed by atoms with E-state index in [0.717, 1.165) is 49.4 Å². The number of carbonyl (C=O) groups excluding carboxylic acids is 1. The number of nitrogens with zero attached hydrogens (tertiary/aromatic N) is 4. The third-order valence-corrected chi connectivity index (χ3v) is 6.70. The molecule has 1 N–H and O–H groups in total. The van der Waals surface area contributed by atoms with Gasteiger partial charge in [-0.1, -0.05) is 18.2 Å². The first kappa shape index (κ1) is 21.5. The monoisotopic (exact) mass is 443 g/mol. The summed E-state index contributed by atoms with van der Waals surface area (Å²) >= 11 is 0. The second-order valence-corrected chi connectivity index (χ2v) is 9.21. The van der Waals surface area contributed by atoms with Crippen LogP contribution in [0, 0.1) is 18.8 Å². The van der Waals surface area contributed by atoms with Crippen molar-refractivity contribution in [3.63, 3.8) is 0 Å². The van der Waals surface area contributed by atoms with E-state index in [2.05, 4.69) is 38.4 Å². The molecule has 1 saturated heterocycles. The minimum atomic E-state index is -0.0869. The van der Waals surface area contributed by atoms with E-state index in [1.54, 1.807) is 0 Å². The normalized spacial score (nSPS) is 22.2. The Kier molecular flexibility index (Phi) is 6.05. The fourth-order valence-electron chi connectivity index (χ4n) is 5.10. The van der Waals surface area contributed by atoms with Gasteiger partial charge in [-0.15, -0.1) is 10.2 Å². The van der Waals surface area contributed by atoms with Crippen LogP contribution in [-0.4, -0.2) is 45.2 Å². The summed E-state index contributed by atoms with van der Waals surface area (Å²) in [5.41, 5.74) is 4.94. The first-order valence-corrected chi connectivity index (χ1v) is 11.5. The summed E-state index contributed by atoms with van der Waals surface area (Å²) in [6, 6.07) is 15.5. The quantitative estimate of drug-likeness (QED) is 0.618. The van der Waals surface area contributed by atoms with Gasteiger partial charge in [0.15, 0.2) is 0 Å². The number of amides is 1. The number of benzene rings is 1. The lowest BCUT2D eigenvalue weighted by Gasteiger charge is -2.19. The molecule has 5 rings (SSSR count). The number of hydrogen-bond acceptors (Lipinski definition) is 6. The SMILES string of the molecule is CC(=O)Nc1ccc(-c2ccc(O[C@H]3C[C@@H]4CN(Cc5ncccc5C)C[C@@H]4C3)nn2)cc1. The molecule has 1 aliphatic carbocycles. The van der Waals surface area contributed by atoms with Gasteiger partial charge in [0.05, 0.1) is 11.4 Å². The van der Waals surface area contributed by atoms with Gasteiger partial charge in [0.1, 0.15) is 6.10 Å². The van der Waals surface area contributed by atoms with E-state index >= 15 is 0 Å². The van der Waals surface area contributed by atoms with E-state index in [0.29, 0.717) is 17.7 Å². The number of hydrogen-bond donors (Lipinski definition) is 1. The van der Waals surface area contributed by atoms with E-state index in [4.69, 9.17) is 4.74 Å². The molecule has 0 unspecified atom stereocenters. The molecule has 3 aromatic rings. The molecule has 1 amide bonds. The highest BCUT2D eigenvalue weighted by atomic mass is 16.5. The molecule has 2 aromatic heterocycles. The third kappa shape index (κ3) is 5.03. The van der Waals surface area contributed by atoms with Crippen LogP contribution in [0.25, 0.3) is 11.3 Å². The average Bonchev–Trinajstić information content (AvgIpc) is 3.34. The van der Waals surface area contributed by atoms with Gasteiger partial charge in [-0.3, -0.25) is 14.7 Å². The maximum Gasteiger partial charge on any atom is 0.233 e. The molecule has 3 heterocycles. The van der Waals surface area contributed by atoms with Gasteiger partial charge in [-0.05, 0) is 61.4 Å². The molecule has 3 atom stereocenters. The number of carbonyl (C=O) groups is 1. The molecule has 1 aromatic carbocycles. The largest absolute Gasteiger partial charge is 0.473 e. The van der Waals surface area contributed by atoms with Crippen LogP contribution in [0.3, 0.4) is 0 Å². The Labute approximate surface area is 194 Å². The average molecular weight is 444 g/mol. The van der Waals surface area contributed by atoms with Gasteiger partial charge in [0, 0.05) is 50.1 Å². The molecule has 7 heteroatoms. The first-order chi connectivity index (χ1) is 16.0. The lowest BCUT2D eigenvalue weighted by molar-refractivity contribution is -0.114. The van der Waals surface area contributed by atoms with Crippen molar-refractivity contribution in [2.75, 3.05) is 18.4 Å². The van der Waals surface area contributed by atoms with Crippen molar-refractivity contribution in [1.29, 1.82) is 0 Å². The third-order valence-electron chi connectivity index (χ3n) is 6.70. The summed E-state index contributed by atoms with van der Waals surface area (Å²) in [7, 11) is 0. The van der Waals surface area contributed by atoms with Gasteiger partial charge in [-0.25, -0.2) is 0 Å². The standard InChI is InChI=1S/C26H29N5O2/c1-17-4-3-11-27-25(17)16-31-14-20-12-23(13-21(20)15-31)33-26-10-9-24(29-30-26)19-5-7-22(8-6-19)28-18(2)32/h3-11,20-21,23H,12-16H2,1-2H3,(H,28,32)/t20-,21+,23+. The molecule has 2 aliphatic rings. The lowest BCUT2D eigenvalue weighted by Crippen LogP contribution is -2.25. The maximum atomic E-state index is 11.2. The number of aryl methyl sites for hydroxylation is 1. The van der Waals surface area contributed by atoms with E-state index in [9.17, 15) is 4.79 Å². The molecule has 33 heavy (non-hydrogen) atoms. The number of pyridine rings is 1. The molecule has 1 aliphatic heterocycles. The van der Waals surface area contributed by atoms with E-state index in [1.807, 2.05) is 48.7 Å². The zero-order valence-electron chi connectivity index (χ0n) is 19.1. The highest BCUT2D eigenvalue weighted by Crippen LogP contribution is 2.40. The Morgan fingerprint density at radius 1 is 1.06 bits per heavy atom. The number of ether oxygens (including phenoxy) is 1. The Balaban J connectivity index is 1.14. The van der Waals surface area contributed by atoms with Crippen LogP contribution in [0.5, 0.6) is 5.88 Å². The number of aromatic nitrogens is 3. The zero-order valence-corrected chi connectivity index (χ0v) is 19.1. The number of anilines is 1. The highest BCUT2D eigenvalue weighted by Gasteiger charge is 2.42. The van der Waals surface area contributed by atoms with Crippen LogP contribution in [0.15, 0.2) is 54.7 Å². The summed E-state index contributed by atoms with van der Waals surface area (Å²) in [6.07, 6.45) is 4.22. The van der Waals surface area contributed by atoms with Crippen molar-refractivity contribution in [3.05, 3.63) is 66.0 Å². The number of nitrogens with one attached hydrogen (secondary N) is 1. The first-order valence-electron chi connectivity index (χ1n) is 11.5. The van der Waals surface area contributed by atoms with Crippen LogP contribution in [-0.2, 0) is 11.3 Å². The van der Waals surface area contributed by atoms with Crippen LogP contribution in [0.2, 0.25) is 0 Å². The molecule has 1 saturated carbocycles. The maximum absolute atomic E-state index is 11.2. The van der Waals surface area contributed by atoms with Crippen molar-refractivity contribution in [2.24, 2.45) is 11.8 Å². The zero-order chi connectivity index (χ0) is 22.8. The number of fused-ring (bicyclic) bond motifs is 1. The molecule has 0 spiro atoms. The van der Waals surface area contributed by atoms with Crippen LogP contribution in [0.1, 0.15) is 31.0 Å². The second-order valence-electron chi connectivity index (χ2n) is 9.21. The van der Waals surface area contributed by atoms with Crippen molar-refractivity contribution in [1.82, 2.24) is 20.1 Å². The minimum absolute atomic E-state index is 0.0869. The summed E-state index contributed by atoms with van der Waals surface area (Å²) in [4.78, 5) is 18.2. The van der Waals surface area contributed by atoms with Crippen LogP contribution >= 0.6 is 0 Å². The van der Waals surface area contributed by atoms with Gasteiger partial charge in [-0.2, -0.15) is 0 Å². The van der Waals surface area contributed by atoms with Gasteiger partial charge in [0.2, 0.25) is 11.8 Å². The predicted molar refractivity (Wildman–Crippen MR) is 127 cm³/mol. The Hall–Kier alpha value is -3.32. The molecular formula is C26H29N5O2. The fraction of sp³-hybridized carbons (Fsp3) is 0.385. The van der Waals surface area contributed by atoms with Gasteiger partial charge >= 0.3 is 0 Å². The predicted octanol–water partition coefficient (Wildman–Crippen LogP) is 4.09. The Bertz CT molecular complexity index is 1100. The van der Waals surface area contributed by atoms with Crippen LogP contribution in [0.4, 0.5) is 5.69 Å². The van der Waals surface area contributed by atoms with E-state index < -0.39 is 0 Å². The molecule has 0 radical (unpaired) electrons. The fourth-order valence-corrected chi connectivity index (χ4v) is 5.10. The van der Waals surface area contributed by atoms with Gasteiger partial charge < -0.3 is 10.1 Å². The van der Waals surface area contributed by atoms with E-state index in [-0.39, 0.29) is 12.0 Å². The second kappa shape index (κ2) is 9.27. The number of likely N-dealkylation sites (tertiary alicyclic amines) is 1. The molecule has 0 bridgehead atoms. The summed E-state index contributed by atoms with van der Waals surface area (Å²) in [5.74, 6) is 1.84. The smallest absolute Gasteiger partial charge is 0.233 e. The Morgan fingerprint density at radius 2 is 1.82 bits per heavy atom. The number of rotatable bonds is 6. The van der Waals surface area contributed by atoms with Gasteiger partial charge in [0.25, 0.3) is 0 Å². The summed E-state index contributed by atoms with van der Waals surface area (Å²) in [6.45, 7) is 6.79. The van der Waals surface area contributed by atoms with Crippen LogP contribution < -0.4 is 10.1 Å². The van der Waals surface area contributed by atoms with Crippen molar-refractivity contribution >= 4 is 11.6 Å². The minimum Gasteiger partial charge on any atom is -0.473 e. The molecule has 170 valence electrons. The van der Waals surface area contributed by atoms with Crippen molar-refractivity contribution in [3.8, 4) is 17.1 Å². The van der Waals surface area contributed by atoms with Crippen molar-refractivity contribution in [2.45, 2.75) is 39.3 Å². The molecular weight excluding hydrogens is 414 g/mol. The highest BCUT2D eigenvalue weighted by molar-refractivity contribution is 5.88. The summed E-state index contributed by atoms with van der Waals surface area (Å²) in [5, 5.41) is 11.4. The Morgan fingerprint density at radius 3 is 2.45 bits per heavy atom. The molecule has 2 fully saturated rings. The van der Waals surface area contributed by atoms with E-state index in [1.165, 1.54) is 18.2 Å². The summed E-state index contributed by atoms with van der Waals surface area (Å²) < 4.78 is 6.19. The van der Waals surface area contributed by atoms with Crippen molar-refractivity contribution < 1.29 is 9.53 Å². The molecule has 7 nitrogen and oxygen atoms in total. The lowest BCUT2D eigenvalue weighted by atomic mass is 10.0. The topological polar surface area (TPSA) is 80.2 Å².